The molecule has 0 spiro atoms. The Bertz CT molecular complexity index is 464. The van der Waals surface area contributed by atoms with E-state index in [0.29, 0.717) is 5.69 Å². The first kappa shape index (κ1) is 14.9. The molecule has 0 aliphatic heterocycles. The van der Waals surface area contributed by atoms with Gasteiger partial charge in [-0.1, -0.05) is 13.0 Å². The van der Waals surface area contributed by atoms with Crippen LogP contribution in [-0.2, 0) is 9.59 Å². The average Bonchev–Trinajstić information content (AvgIpc) is 2.33. The van der Waals surface area contributed by atoms with Crippen LogP contribution in [0.5, 0.6) is 0 Å². The molecule has 0 bridgehead atoms. The molecular formula is C13H16FNO4. The molecule has 104 valence electrons. The van der Waals surface area contributed by atoms with Crippen LogP contribution in [0.3, 0.4) is 0 Å². The normalized spacial score (nSPS) is 11.9. The molecule has 1 aromatic rings. The highest BCUT2D eigenvalue weighted by atomic mass is 19.1. The molecule has 0 fully saturated rings. The van der Waals surface area contributed by atoms with Gasteiger partial charge in [0.05, 0.1) is 12.3 Å². The number of hydrogen-bond acceptors (Lipinski definition) is 3. The summed E-state index contributed by atoms with van der Waals surface area (Å²) in [5, 5.41) is 17.6. The molecule has 1 rings (SSSR count). The number of carboxylic acid groups (broad SMARTS) is 2. The van der Waals surface area contributed by atoms with Crippen molar-refractivity contribution in [3.05, 3.63) is 30.1 Å². The van der Waals surface area contributed by atoms with Gasteiger partial charge in [-0.25, -0.2) is 4.39 Å². The second-order valence-corrected chi connectivity index (χ2v) is 4.31. The van der Waals surface area contributed by atoms with Gasteiger partial charge in [-0.15, -0.1) is 0 Å². The Morgan fingerprint density at radius 2 is 2.05 bits per heavy atom. The zero-order chi connectivity index (χ0) is 14.4. The third kappa shape index (κ3) is 4.95. The van der Waals surface area contributed by atoms with Crippen LogP contribution >= 0.6 is 0 Å². The van der Waals surface area contributed by atoms with E-state index < -0.39 is 23.7 Å². The van der Waals surface area contributed by atoms with Crippen LogP contribution < -0.4 is 4.90 Å². The number of rotatable bonds is 7. The molecule has 0 aliphatic carbocycles. The lowest BCUT2D eigenvalue weighted by Gasteiger charge is -2.26. The number of aliphatic carboxylic acids is 2. The van der Waals surface area contributed by atoms with E-state index in [1.165, 1.54) is 25.1 Å². The van der Waals surface area contributed by atoms with Crippen molar-refractivity contribution in [3.8, 4) is 0 Å². The van der Waals surface area contributed by atoms with Crippen LogP contribution in [0, 0.1) is 11.7 Å². The fraction of sp³-hybridized carbons (Fsp3) is 0.385. The Morgan fingerprint density at radius 3 is 2.58 bits per heavy atom. The smallest absolute Gasteiger partial charge is 0.308 e. The summed E-state index contributed by atoms with van der Waals surface area (Å²) >= 11 is 0. The lowest BCUT2D eigenvalue weighted by atomic mass is 10.1. The average molecular weight is 269 g/mol. The fourth-order valence-corrected chi connectivity index (χ4v) is 1.64. The predicted molar refractivity (Wildman–Crippen MR) is 67.7 cm³/mol. The molecule has 0 amide bonds. The van der Waals surface area contributed by atoms with Crippen molar-refractivity contribution in [2.75, 3.05) is 18.0 Å². The molecule has 5 nitrogen and oxygen atoms in total. The maximum atomic E-state index is 13.2. The minimum absolute atomic E-state index is 0.131. The van der Waals surface area contributed by atoms with Crippen molar-refractivity contribution < 1.29 is 24.2 Å². The maximum absolute atomic E-state index is 13.2. The first-order valence-electron chi connectivity index (χ1n) is 5.85. The summed E-state index contributed by atoms with van der Waals surface area (Å²) < 4.78 is 13.2. The van der Waals surface area contributed by atoms with Crippen LogP contribution in [-0.4, -0.2) is 35.2 Å². The first-order chi connectivity index (χ1) is 8.90. The van der Waals surface area contributed by atoms with Crippen molar-refractivity contribution >= 4 is 17.6 Å². The van der Waals surface area contributed by atoms with E-state index >= 15 is 0 Å². The van der Waals surface area contributed by atoms with E-state index in [2.05, 4.69) is 0 Å². The summed E-state index contributed by atoms with van der Waals surface area (Å²) in [7, 11) is 0. The molecule has 1 unspecified atom stereocenters. The summed E-state index contributed by atoms with van der Waals surface area (Å²) in [5.41, 5.74) is 0.481. The molecule has 0 saturated heterocycles. The SMILES string of the molecule is CC(CN(CCC(=O)O)c1cccc(F)c1)C(=O)O. The Labute approximate surface area is 110 Å². The molecule has 0 aromatic heterocycles. The number of carbonyl (C=O) groups is 2. The molecule has 19 heavy (non-hydrogen) atoms. The van der Waals surface area contributed by atoms with Gasteiger partial charge in [0.1, 0.15) is 5.82 Å². The molecular weight excluding hydrogens is 253 g/mol. The van der Waals surface area contributed by atoms with Crippen molar-refractivity contribution in [2.24, 2.45) is 5.92 Å². The lowest BCUT2D eigenvalue weighted by Crippen LogP contribution is -2.33. The second kappa shape index (κ2) is 6.72. The molecule has 0 radical (unpaired) electrons. The lowest BCUT2D eigenvalue weighted by molar-refractivity contribution is -0.140. The molecule has 6 heteroatoms. The van der Waals surface area contributed by atoms with Gasteiger partial charge < -0.3 is 15.1 Å². The summed E-state index contributed by atoms with van der Waals surface area (Å²) in [5.74, 6) is -3.07. The minimum atomic E-state index is -0.982. The molecule has 0 saturated carbocycles. The Balaban J connectivity index is 2.85. The van der Waals surface area contributed by atoms with Crippen molar-refractivity contribution in [2.45, 2.75) is 13.3 Å². The van der Waals surface area contributed by atoms with Gasteiger partial charge in [-0.05, 0) is 18.2 Å². The monoisotopic (exact) mass is 269 g/mol. The van der Waals surface area contributed by atoms with E-state index in [0.717, 1.165) is 0 Å². The largest absolute Gasteiger partial charge is 0.481 e. The van der Waals surface area contributed by atoms with Gasteiger partial charge in [0.25, 0.3) is 0 Å². The highest BCUT2D eigenvalue weighted by Gasteiger charge is 2.17. The highest BCUT2D eigenvalue weighted by Crippen LogP contribution is 2.17. The van der Waals surface area contributed by atoms with Crippen LogP contribution in [0.25, 0.3) is 0 Å². The number of hydrogen-bond donors (Lipinski definition) is 2. The van der Waals surface area contributed by atoms with E-state index in [1.54, 1.807) is 11.0 Å². The Morgan fingerprint density at radius 1 is 1.37 bits per heavy atom. The first-order valence-corrected chi connectivity index (χ1v) is 5.85. The number of nitrogens with zero attached hydrogens (tertiary/aromatic N) is 1. The van der Waals surface area contributed by atoms with Crippen LogP contribution in [0.1, 0.15) is 13.3 Å². The van der Waals surface area contributed by atoms with Crippen LogP contribution in [0.4, 0.5) is 10.1 Å². The number of benzene rings is 1. The number of anilines is 1. The summed E-state index contributed by atoms with van der Waals surface area (Å²) in [6, 6.07) is 5.67. The standard InChI is InChI=1S/C13H16FNO4/c1-9(13(18)19)8-15(6-5-12(16)17)11-4-2-3-10(14)7-11/h2-4,7,9H,5-6,8H2,1H3,(H,16,17)(H,18,19). The molecule has 1 atom stereocenters. The van der Waals surface area contributed by atoms with Crippen LogP contribution in [0.2, 0.25) is 0 Å². The summed E-state index contributed by atoms with van der Waals surface area (Å²) in [6.07, 6.45) is -0.136. The van der Waals surface area contributed by atoms with E-state index in [-0.39, 0.29) is 19.5 Å². The quantitative estimate of drug-likeness (QED) is 0.789. The second-order valence-electron chi connectivity index (χ2n) is 4.31. The maximum Gasteiger partial charge on any atom is 0.308 e. The van der Waals surface area contributed by atoms with Crippen molar-refractivity contribution in [1.29, 1.82) is 0 Å². The van der Waals surface area contributed by atoms with Gasteiger partial charge in [0, 0.05) is 18.8 Å². The predicted octanol–water partition coefficient (Wildman–Crippen LogP) is 1.83. The zero-order valence-electron chi connectivity index (χ0n) is 10.5. The van der Waals surface area contributed by atoms with Gasteiger partial charge in [-0.2, -0.15) is 0 Å². The molecule has 1 aromatic carbocycles. The van der Waals surface area contributed by atoms with E-state index in [9.17, 15) is 14.0 Å². The van der Waals surface area contributed by atoms with Crippen molar-refractivity contribution in [3.63, 3.8) is 0 Å². The minimum Gasteiger partial charge on any atom is -0.481 e. The summed E-state index contributed by atoms with van der Waals surface area (Å²) in [4.78, 5) is 23.0. The van der Waals surface area contributed by atoms with Gasteiger partial charge in [-0.3, -0.25) is 9.59 Å². The molecule has 2 N–H and O–H groups in total. The van der Waals surface area contributed by atoms with Gasteiger partial charge in [0.15, 0.2) is 0 Å². The highest BCUT2D eigenvalue weighted by molar-refractivity contribution is 5.71. The van der Waals surface area contributed by atoms with Crippen LogP contribution in [0.15, 0.2) is 24.3 Å². The topological polar surface area (TPSA) is 77.8 Å². The Kier molecular flexibility index (Phi) is 5.29. The van der Waals surface area contributed by atoms with Gasteiger partial charge in [0.2, 0.25) is 0 Å². The van der Waals surface area contributed by atoms with Crippen molar-refractivity contribution in [1.82, 2.24) is 0 Å². The van der Waals surface area contributed by atoms with E-state index in [4.69, 9.17) is 10.2 Å². The molecule has 0 heterocycles. The zero-order valence-corrected chi connectivity index (χ0v) is 10.5. The third-order valence-corrected chi connectivity index (χ3v) is 2.68. The number of carboxylic acids is 2. The van der Waals surface area contributed by atoms with E-state index in [1.807, 2.05) is 0 Å². The third-order valence-electron chi connectivity index (χ3n) is 2.68. The number of halogens is 1. The molecule has 0 aliphatic rings. The fourth-order valence-electron chi connectivity index (χ4n) is 1.64. The summed E-state index contributed by atoms with van der Waals surface area (Å²) in [6.45, 7) is 1.79. The Hall–Kier alpha value is -2.11. The van der Waals surface area contributed by atoms with Gasteiger partial charge >= 0.3 is 11.9 Å².